The molecule has 1 aromatic rings. The molecule has 0 aromatic heterocycles. The van der Waals surface area contributed by atoms with Gasteiger partial charge in [0.1, 0.15) is 6.54 Å². The summed E-state index contributed by atoms with van der Waals surface area (Å²) in [5.41, 5.74) is 1.02. The number of methoxy groups -OCH3 is 1. The van der Waals surface area contributed by atoms with Gasteiger partial charge >= 0.3 is 11.9 Å². The highest BCUT2D eigenvalue weighted by atomic mass is 32.2. The Kier molecular flexibility index (Phi) is 5.75. The van der Waals surface area contributed by atoms with Gasteiger partial charge in [0.15, 0.2) is 0 Å². The van der Waals surface area contributed by atoms with Crippen molar-refractivity contribution in [1.82, 2.24) is 4.90 Å². The zero-order valence-electron chi connectivity index (χ0n) is 13.1. The van der Waals surface area contributed by atoms with Crippen LogP contribution in [0, 0.1) is 0 Å². The van der Waals surface area contributed by atoms with Gasteiger partial charge in [-0.15, -0.1) is 0 Å². The van der Waals surface area contributed by atoms with Crippen LogP contribution in [0.2, 0.25) is 0 Å². The lowest BCUT2D eigenvalue weighted by atomic mass is 10.1. The summed E-state index contributed by atoms with van der Waals surface area (Å²) < 4.78 is 9.35. The van der Waals surface area contributed by atoms with Gasteiger partial charge in [0.25, 0.3) is 11.1 Å². The summed E-state index contributed by atoms with van der Waals surface area (Å²) in [6.45, 7) is 1.41. The molecule has 0 atom stereocenters. The maximum Gasteiger partial charge on any atom is 0.337 e. The summed E-state index contributed by atoms with van der Waals surface area (Å²) in [4.78, 5) is 47.9. The predicted molar refractivity (Wildman–Crippen MR) is 87.1 cm³/mol. The first-order chi connectivity index (χ1) is 11.5. The Morgan fingerprint density at radius 2 is 1.88 bits per heavy atom. The van der Waals surface area contributed by atoms with E-state index in [1.54, 1.807) is 31.2 Å². The Morgan fingerprint density at radius 1 is 1.21 bits per heavy atom. The van der Waals surface area contributed by atoms with Crippen molar-refractivity contribution in [2.75, 3.05) is 20.3 Å². The van der Waals surface area contributed by atoms with Crippen LogP contribution in [-0.2, 0) is 19.1 Å². The molecule has 24 heavy (non-hydrogen) atoms. The molecule has 0 aliphatic carbocycles. The lowest BCUT2D eigenvalue weighted by molar-refractivity contribution is -0.145. The van der Waals surface area contributed by atoms with Gasteiger partial charge in [0.05, 0.1) is 24.2 Å². The van der Waals surface area contributed by atoms with E-state index in [-0.39, 0.29) is 11.5 Å². The second-order valence-corrected chi connectivity index (χ2v) is 5.68. The van der Waals surface area contributed by atoms with Gasteiger partial charge in [-0.3, -0.25) is 19.3 Å². The fourth-order valence-electron chi connectivity index (χ4n) is 1.96. The highest BCUT2D eigenvalue weighted by Gasteiger charge is 2.36. The molecule has 0 bridgehead atoms. The van der Waals surface area contributed by atoms with Gasteiger partial charge in [-0.25, -0.2) is 4.79 Å². The highest BCUT2D eigenvalue weighted by molar-refractivity contribution is 8.18. The van der Waals surface area contributed by atoms with Crippen LogP contribution in [0.3, 0.4) is 0 Å². The van der Waals surface area contributed by atoms with E-state index in [0.29, 0.717) is 11.1 Å². The standard InChI is InChI=1S/C16H15NO6S/c1-3-23-13(18)9-17-14(19)12(24-16(17)21)8-10-4-6-11(7-5-10)15(20)22-2/h4-8H,3,9H2,1-2H3/b12-8-. The molecule has 1 aliphatic heterocycles. The van der Waals surface area contributed by atoms with Gasteiger partial charge in [-0.05, 0) is 42.5 Å². The summed E-state index contributed by atoms with van der Waals surface area (Å²) in [5.74, 6) is -1.64. The van der Waals surface area contributed by atoms with E-state index in [9.17, 15) is 19.2 Å². The van der Waals surface area contributed by atoms with Gasteiger partial charge in [0.2, 0.25) is 0 Å². The zero-order chi connectivity index (χ0) is 17.7. The monoisotopic (exact) mass is 349 g/mol. The first-order valence-electron chi connectivity index (χ1n) is 7.05. The van der Waals surface area contributed by atoms with Gasteiger partial charge < -0.3 is 9.47 Å². The summed E-state index contributed by atoms with van der Waals surface area (Å²) in [6, 6.07) is 6.37. The average Bonchev–Trinajstić information content (AvgIpc) is 2.82. The number of carbonyl (C=O) groups is 4. The summed E-state index contributed by atoms with van der Waals surface area (Å²) in [5, 5.41) is -0.523. The van der Waals surface area contributed by atoms with Crippen molar-refractivity contribution in [3.63, 3.8) is 0 Å². The Balaban J connectivity index is 2.13. The van der Waals surface area contributed by atoms with E-state index < -0.39 is 29.6 Å². The predicted octanol–water partition coefficient (Wildman–Crippen LogP) is 2.07. The SMILES string of the molecule is CCOC(=O)CN1C(=O)S/C(=C\c2ccc(C(=O)OC)cc2)C1=O. The minimum absolute atomic E-state index is 0.178. The molecule has 1 saturated heterocycles. The zero-order valence-corrected chi connectivity index (χ0v) is 13.9. The van der Waals surface area contributed by atoms with Crippen molar-refractivity contribution >= 4 is 40.9 Å². The molecule has 1 aromatic carbocycles. The van der Waals surface area contributed by atoms with Crippen LogP contribution in [-0.4, -0.2) is 48.2 Å². The van der Waals surface area contributed by atoms with Crippen molar-refractivity contribution in [1.29, 1.82) is 0 Å². The van der Waals surface area contributed by atoms with Crippen LogP contribution in [0.1, 0.15) is 22.8 Å². The first kappa shape index (κ1) is 17.7. The van der Waals surface area contributed by atoms with Crippen LogP contribution in [0.15, 0.2) is 29.2 Å². The number of imide groups is 1. The quantitative estimate of drug-likeness (QED) is 0.594. The third-order valence-electron chi connectivity index (χ3n) is 3.10. The molecular formula is C16H15NO6S. The number of benzene rings is 1. The molecular weight excluding hydrogens is 334 g/mol. The maximum absolute atomic E-state index is 12.2. The molecule has 8 heteroatoms. The molecule has 0 N–H and O–H groups in total. The fraction of sp³-hybridized carbons (Fsp3) is 0.250. The number of hydrogen-bond acceptors (Lipinski definition) is 7. The third kappa shape index (κ3) is 4.02. The molecule has 7 nitrogen and oxygen atoms in total. The number of carbonyl (C=O) groups excluding carboxylic acids is 4. The summed E-state index contributed by atoms with van der Waals surface area (Å²) in [7, 11) is 1.29. The smallest absolute Gasteiger partial charge is 0.337 e. The van der Waals surface area contributed by atoms with E-state index in [4.69, 9.17) is 4.74 Å². The summed E-state index contributed by atoms with van der Waals surface area (Å²) >= 11 is 0.751. The van der Waals surface area contributed by atoms with Crippen molar-refractivity contribution in [3.05, 3.63) is 40.3 Å². The third-order valence-corrected chi connectivity index (χ3v) is 4.00. The van der Waals surface area contributed by atoms with Crippen LogP contribution < -0.4 is 0 Å². The molecule has 2 rings (SSSR count). The van der Waals surface area contributed by atoms with E-state index >= 15 is 0 Å². The normalized spacial score (nSPS) is 15.8. The minimum Gasteiger partial charge on any atom is -0.465 e. The van der Waals surface area contributed by atoms with E-state index in [2.05, 4.69) is 4.74 Å². The lowest BCUT2D eigenvalue weighted by Gasteiger charge is -2.10. The number of nitrogens with zero attached hydrogens (tertiary/aromatic N) is 1. The number of rotatable bonds is 5. The van der Waals surface area contributed by atoms with Gasteiger partial charge in [-0.2, -0.15) is 0 Å². The van der Waals surface area contributed by atoms with E-state index in [0.717, 1.165) is 16.7 Å². The Labute approximate surface area is 142 Å². The molecule has 1 heterocycles. The number of thioether (sulfide) groups is 1. The largest absolute Gasteiger partial charge is 0.465 e. The highest BCUT2D eigenvalue weighted by Crippen LogP contribution is 2.32. The van der Waals surface area contributed by atoms with Crippen LogP contribution in [0.4, 0.5) is 4.79 Å². The summed E-state index contributed by atoms with van der Waals surface area (Å²) in [6.07, 6.45) is 1.52. The first-order valence-corrected chi connectivity index (χ1v) is 7.87. The number of amides is 2. The minimum atomic E-state index is -0.636. The molecule has 0 radical (unpaired) electrons. The van der Waals surface area contributed by atoms with Gasteiger partial charge in [-0.1, -0.05) is 12.1 Å². The molecule has 126 valence electrons. The Morgan fingerprint density at radius 3 is 2.46 bits per heavy atom. The molecule has 1 aliphatic rings. The van der Waals surface area contributed by atoms with Crippen molar-refractivity contribution in [3.8, 4) is 0 Å². The second kappa shape index (κ2) is 7.78. The lowest BCUT2D eigenvalue weighted by Crippen LogP contribution is -2.34. The van der Waals surface area contributed by atoms with E-state index in [1.165, 1.54) is 13.2 Å². The number of ether oxygens (including phenoxy) is 2. The Hall–Kier alpha value is -2.61. The second-order valence-electron chi connectivity index (χ2n) is 4.69. The average molecular weight is 349 g/mol. The van der Waals surface area contributed by atoms with Crippen molar-refractivity contribution in [2.24, 2.45) is 0 Å². The van der Waals surface area contributed by atoms with Gasteiger partial charge in [0, 0.05) is 0 Å². The number of esters is 2. The topological polar surface area (TPSA) is 90.0 Å². The Bertz CT molecular complexity index is 710. The van der Waals surface area contributed by atoms with Crippen LogP contribution in [0.25, 0.3) is 6.08 Å². The fourth-order valence-corrected chi connectivity index (χ4v) is 2.79. The molecule has 0 saturated carbocycles. The van der Waals surface area contributed by atoms with Crippen molar-refractivity contribution < 1.29 is 28.7 Å². The molecule has 0 spiro atoms. The maximum atomic E-state index is 12.2. The van der Waals surface area contributed by atoms with Crippen LogP contribution >= 0.6 is 11.8 Å². The van der Waals surface area contributed by atoms with E-state index in [1.807, 2.05) is 0 Å². The molecule has 0 unspecified atom stereocenters. The van der Waals surface area contributed by atoms with Crippen LogP contribution in [0.5, 0.6) is 0 Å². The number of hydrogen-bond donors (Lipinski definition) is 0. The van der Waals surface area contributed by atoms with Crippen molar-refractivity contribution in [2.45, 2.75) is 6.92 Å². The molecule has 1 fully saturated rings. The molecule has 2 amide bonds.